The van der Waals surface area contributed by atoms with E-state index >= 15 is 0 Å². The Morgan fingerprint density at radius 1 is 1.33 bits per heavy atom. The van der Waals surface area contributed by atoms with E-state index in [0.29, 0.717) is 25.4 Å². The van der Waals surface area contributed by atoms with Crippen molar-refractivity contribution < 1.29 is 24.1 Å². The standard InChI is InChI=1S/C18H34O5Si/c1-12-15(10-22-11-21-3)14-9-16(20)17(12)18(7-8-19,13(14)2)23-24(4,5)6/h12,14-17,19-20H,2,7-11H2,1,3-6H3/t12?,14-,15?,16-,17+,18?/m0/s1. The highest BCUT2D eigenvalue weighted by Crippen LogP contribution is 2.59. The van der Waals surface area contributed by atoms with Crippen LogP contribution in [0.5, 0.6) is 0 Å². The number of fused-ring (bicyclic) bond motifs is 3. The van der Waals surface area contributed by atoms with Gasteiger partial charge in [-0.1, -0.05) is 13.5 Å². The van der Waals surface area contributed by atoms with Crippen LogP contribution in [0.25, 0.3) is 0 Å². The average Bonchev–Trinajstić information content (AvgIpc) is 2.45. The van der Waals surface area contributed by atoms with Crippen molar-refractivity contribution in [3.05, 3.63) is 12.2 Å². The summed E-state index contributed by atoms with van der Waals surface area (Å²) in [7, 11) is -0.262. The van der Waals surface area contributed by atoms with Crippen molar-refractivity contribution in [1.82, 2.24) is 0 Å². The highest BCUT2D eigenvalue weighted by atomic mass is 28.4. The van der Waals surface area contributed by atoms with Crippen LogP contribution in [0.1, 0.15) is 19.8 Å². The Labute approximate surface area is 147 Å². The summed E-state index contributed by atoms with van der Waals surface area (Å²) in [4.78, 5) is 0. The number of rotatable bonds is 8. The Morgan fingerprint density at radius 2 is 2.00 bits per heavy atom. The van der Waals surface area contributed by atoms with Gasteiger partial charge in [-0.05, 0) is 49.4 Å². The van der Waals surface area contributed by atoms with E-state index in [1.165, 1.54) is 0 Å². The van der Waals surface area contributed by atoms with E-state index in [1.54, 1.807) is 7.11 Å². The second-order valence-corrected chi connectivity index (χ2v) is 12.8. The molecule has 3 saturated carbocycles. The fraction of sp³-hybridized carbons (Fsp3) is 0.889. The lowest BCUT2D eigenvalue weighted by Gasteiger charge is -2.62. The maximum atomic E-state index is 10.8. The normalized spacial score (nSPS) is 39.5. The zero-order valence-corrected chi connectivity index (χ0v) is 16.7. The van der Waals surface area contributed by atoms with E-state index in [2.05, 4.69) is 33.1 Å². The SMILES string of the molecule is C=C1[C@@H]2C[C@H](O)[C@@H](C(C)C2COCOC)C1(CCO)O[Si](C)(C)C. The zero-order chi connectivity index (χ0) is 18.1. The summed E-state index contributed by atoms with van der Waals surface area (Å²) >= 11 is 0. The fourth-order valence-electron chi connectivity index (χ4n) is 4.99. The van der Waals surface area contributed by atoms with Crippen LogP contribution in [0.4, 0.5) is 0 Å². The van der Waals surface area contributed by atoms with E-state index in [-0.39, 0.29) is 31.2 Å². The van der Waals surface area contributed by atoms with Crippen molar-refractivity contribution in [1.29, 1.82) is 0 Å². The monoisotopic (exact) mass is 358 g/mol. The van der Waals surface area contributed by atoms with Gasteiger partial charge in [-0.2, -0.15) is 0 Å². The van der Waals surface area contributed by atoms with E-state index in [0.717, 1.165) is 5.57 Å². The van der Waals surface area contributed by atoms with Crippen molar-refractivity contribution in [2.24, 2.45) is 23.7 Å². The van der Waals surface area contributed by atoms with E-state index in [9.17, 15) is 10.2 Å². The van der Waals surface area contributed by atoms with Gasteiger partial charge in [-0.15, -0.1) is 0 Å². The Hall–Kier alpha value is -0.243. The summed E-state index contributed by atoms with van der Waals surface area (Å²) in [6, 6.07) is 0. The molecule has 0 heterocycles. The van der Waals surface area contributed by atoms with Gasteiger partial charge >= 0.3 is 0 Å². The van der Waals surface area contributed by atoms with Crippen LogP contribution in [-0.4, -0.2) is 57.4 Å². The van der Waals surface area contributed by atoms with Crippen LogP contribution >= 0.6 is 0 Å². The maximum Gasteiger partial charge on any atom is 0.184 e. The summed E-state index contributed by atoms with van der Waals surface area (Å²) in [6.45, 7) is 13.9. The molecule has 3 rings (SSSR count). The summed E-state index contributed by atoms with van der Waals surface area (Å²) in [6.07, 6.45) is 0.790. The highest BCUT2D eigenvalue weighted by Gasteiger charge is 2.61. The summed E-state index contributed by atoms with van der Waals surface area (Å²) < 4.78 is 17.2. The molecule has 3 aliphatic rings. The molecular weight excluding hydrogens is 324 g/mol. The molecular formula is C18H34O5Si. The molecule has 3 unspecified atom stereocenters. The lowest BCUT2D eigenvalue weighted by atomic mass is 9.49. The predicted octanol–water partition coefficient (Wildman–Crippen LogP) is 2.40. The molecule has 3 aliphatic carbocycles. The average molecular weight is 359 g/mol. The smallest absolute Gasteiger partial charge is 0.184 e. The second-order valence-electron chi connectivity index (χ2n) is 8.34. The fourth-order valence-corrected chi connectivity index (χ4v) is 6.45. The molecule has 0 aromatic rings. The Bertz CT molecular complexity index is 449. The number of methoxy groups -OCH3 is 1. The molecule has 5 nitrogen and oxygen atoms in total. The van der Waals surface area contributed by atoms with Crippen LogP contribution in [-0.2, 0) is 13.9 Å². The summed E-state index contributed by atoms with van der Waals surface area (Å²) in [5.74, 6) is 0.645. The van der Waals surface area contributed by atoms with Gasteiger partial charge in [0.1, 0.15) is 6.79 Å². The Kier molecular flexibility index (Phi) is 6.32. The van der Waals surface area contributed by atoms with Gasteiger partial charge < -0.3 is 24.1 Å². The zero-order valence-electron chi connectivity index (χ0n) is 15.7. The number of aliphatic hydroxyl groups is 2. The van der Waals surface area contributed by atoms with Crippen LogP contribution in [0.15, 0.2) is 12.2 Å². The molecule has 2 N–H and O–H groups in total. The molecule has 2 bridgehead atoms. The van der Waals surface area contributed by atoms with Gasteiger partial charge in [0.05, 0.1) is 18.3 Å². The lowest BCUT2D eigenvalue weighted by molar-refractivity contribution is -0.170. The minimum atomic E-state index is -1.88. The van der Waals surface area contributed by atoms with Crippen LogP contribution in [0.3, 0.4) is 0 Å². The van der Waals surface area contributed by atoms with Crippen molar-refractivity contribution in [3.63, 3.8) is 0 Å². The highest BCUT2D eigenvalue weighted by molar-refractivity contribution is 6.69. The largest absolute Gasteiger partial charge is 0.408 e. The molecule has 3 fully saturated rings. The molecule has 0 amide bonds. The first kappa shape index (κ1) is 20.1. The molecule has 0 radical (unpaired) electrons. The third-order valence-corrected chi connectivity index (χ3v) is 6.66. The maximum absolute atomic E-state index is 10.8. The molecule has 0 aromatic carbocycles. The topological polar surface area (TPSA) is 68.2 Å². The van der Waals surface area contributed by atoms with Gasteiger partial charge in [0.15, 0.2) is 8.32 Å². The van der Waals surface area contributed by atoms with Gasteiger partial charge in [-0.3, -0.25) is 0 Å². The van der Waals surface area contributed by atoms with Crippen LogP contribution in [0, 0.1) is 23.7 Å². The summed E-state index contributed by atoms with van der Waals surface area (Å²) in [5.41, 5.74) is 0.428. The van der Waals surface area contributed by atoms with Gasteiger partial charge in [-0.25, -0.2) is 0 Å². The third kappa shape index (κ3) is 3.64. The Morgan fingerprint density at radius 3 is 2.54 bits per heavy atom. The number of ether oxygens (including phenoxy) is 2. The first-order chi connectivity index (χ1) is 11.2. The molecule has 0 aliphatic heterocycles. The van der Waals surface area contributed by atoms with Crippen molar-refractivity contribution in [2.45, 2.75) is 51.1 Å². The number of hydrogen-bond acceptors (Lipinski definition) is 5. The summed E-state index contributed by atoms with van der Waals surface area (Å²) in [5, 5.41) is 20.5. The quantitative estimate of drug-likeness (QED) is 0.302. The molecule has 24 heavy (non-hydrogen) atoms. The molecule has 140 valence electrons. The Balaban J connectivity index is 2.33. The third-order valence-electron chi connectivity index (χ3n) is 5.68. The lowest BCUT2D eigenvalue weighted by Crippen LogP contribution is -2.66. The predicted molar refractivity (Wildman–Crippen MR) is 96.1 cm³/mol. The number of aliphatic hydroxyl groups excluding tert-OH is 2. The van der Waals surface area contributed by atoms with Gasteiger partial charge in [0.25, 0.3) is 0 Å². The van der Waals surface area contributed by atoms with Gasteiger partial charge in [0.2, 0.25) is 0 Å². The molecule has 0 aromatic heterocycles. The minimum absolute atomic E-state index is 0.0387. The molecule has 0 spiro atoms. The van der Waals surface area contributed by atoms with Crippen molar-refractivity contribution in [2.75, 3.05) is 27.1 Å². The second kappa shape index (κ2) is 7.56. The molecule has 6 heteroatoms. The van der Waals surface area contributed by atoms with E-state index in [1.807, 2.05) is 0 Å². The van der Waals surface area contributed by atoms with E-state index in [4.69, 9.17) is 13.9 Å². The first-order valence-electron chi connectivity index (χ1n) is 8.93. The van der Waals surface area contributed by atoms with Crippen LogP contribution < -0.4 is 0 Å². The van der Waals surface area contributed by atoms with E-state index < -0.39 is 20.0 Å². The van der Waals surface area contributed by atoms with Gasteiger partial charge in [0, 0.05) is 26.1 Å². The van der Waals surface area contributed by atoms with Crippen LogP contribution in [0.2, 0.25) is 19.6 Å². The number of hydrogen-bond donors (Lipinski definition) is 2. The molecule has 0 saturated heterocycles. The van der Waals surface area contributed by atoms with Crippen molar-refractivity contribution >= 4 is 8.32 Å². The first-order valence-corrected chi connectivity index (χ1v) is 12.3. The molecule has 6 atom stereocenters. The van der Waals surface area contributed by atoms with Crippen molar-refractivity contribution in [3.8, 4) is 0 Å². The minimum Gasteiger partial charge on any atom is -0.408 e.